The van der Waals surface area contributed by atoms with Crippen LogP contribution in [0.5, 0.6) is 0 Å². The maximum absolute atomic E-state index is 7.52. The molecule has 0 aromatic rings. The number of fused-ring (bicyclic) bond motifs is 1. The van der Waals surface area contributed by atoms with E-state index in [2.05, 4.69) is 66.8 Å². The maximum atomic E-state index is 7.52. The van der Waals surface area contributed by atoms with Gasteiger partial charge in [0.2, 0.25) is 0 Å². The normalized spacial score (nSPS) is 49.1. The fourth-order valence-corrected chi connectivity index (χ4v) is 9.13. The van der Waals surface area contributed by atoms with Crippen molar-refractivity contribution >= 4 is 6.21 Å². The van der Waals surface area contributed by atoms with Gasteiger partial charge in [-0.1, -0.05) is 56.9 Å². The second-order valence-corrected chi connectivity index (χ2v) is 13.0. The molecule has 3 aliphatic carbocycles. The van der Waals surface area contributed by atoms with Crippen LogP contribution in [0.15, 0.2) is 76.5 Å². The van der Waals surface area contributed by atoms with Crippen LogP contribution in [-0.4, -0.2) is 48.2 Å². The Hall–Kier alpha value is -2.01. The summed E-state index contributed by atoms with van der Waals surface area (Å²) in [5, 5.41) is 0. The predicted octanol–water partition coefficient (Wildman–Crippen LogP) is 6.69. The highest BCUT2D eigenvalue weighted by Gasteiger charge is 2.66. The fourth-order valence-electron chi connectivity index (χ4n) is 9.13. The highest BCUT2D eigenvalue weighted by atomic mass is 16.5. The van der Waals surface area contributed by atoms with Crippen LogP contribution in [0.25, 0.3) is 0 Å². The van der Waals surface area contributed by atoms with Crippen molar-refractivity contribution in [2.75, 3.05) is 19.9 Å². The van der Waals surface area contributed by atoms with Gasteiger partial charge in [0.15, 0.2) is 0 Å². The van der Waals surface area contributed by atoms with E-state index in [-0.39, 0.29) is 16.6 Å². The molecule has 4 heteroatoms. The minimum atomic E-state index is -0.108. The van der Waals surface area contributed by atoms with Crippen LogP contribution in [0.3, 0.4) is 0 Å². The number of hydrogen-bond donors (Lipinski definition) is 0. The van der Waals surface area contributed by atoms with E-state index in [0.29, 0.717) is 23.8 Å². The molecule has 0 aromatic carbocycles. The summed E-state index contributed by atoms with van der Waals surface area (Å²) in [6, 6.07) is 0.591. The molecule has 2 bridgehead atoms. The highest BCUT2D eigenvalue weighted by Crippen LogP contribution is 2.68. The number of rotatable bonds is 2. The first-order valence-corrected chi connectivity index (χ1v) is 14.6. The quantitative estimate of drug-likeness (QED) is 0.425. The molecule has 7 atom stereocenters. The fraction of sp³-hybridized carbons (Fsp3) is 0.606. The largest absolute Gasteiger partial charge is 0.365 e. The molecule has 2 saturated carbocycles. The van der Waals surface area contributed by atoms with Gasteiger partial charge >= 0.3 is 0 Å². The first-order chi connectivity index (χ1) is 17.9. The molecule has 2 unspecified atom stereocenters. The van der Waals surface area contributed by atoms with Crippen LogP contribution in [0.4, 0.5) is 0 Å². The summed E-state index contributed by atoms with van der Waals surface area (Å²) in [5.41, 5.74) is 5.52. The van der Waals surface area contributed by atoms with Crippen LogP contribution >= 0.6 is 0 Å². The third-order valence-electron chi connectivity index (χ3n) is 11.0. The van der Waals surface area contributed by atoms with Gasteiger partial charge in [0, 0.05) is 25.0 Å². The molecular formula is C33H42N2O2. The molecule has 7 aliphatic rings. The first kappa shape index (κ1) is 24.1. The average Bonchev–Trinajstić information content (AvgIpc) is 3.61. The van der Waals surface area contributed by atoms with Gasteiger partial charge in [-0.3, -0.25) is 9.89 Å². The van der Waals surface area contributed by atoms with Gasteiger partial charge in [-0.15, -0.1) is 0 Å². The van der Waals surface area contributed by atoms with E-state index in [1.165, 1.54) is 49.7 Å². The molecule has 196 valence electrons. The lowest BCUT2D eigenvalue weighted by Gasteiger charge is -2.55. The lowest BCUT2D eigenvalue weighted by Crippen LogP contribution is -2.55. The summed E-state index contributed by atoms with van der Waals surface area (Å²) in [6.07, 6.45) is 27.6. The zero-order valence-corrected chi connectivity index (χ0v) is 22.6. The maximum Gasteiger partial charge on any atom is 0.0994 e. The molecule has 2 spiro atoms. The van der Waals surface area contributed by atoms with Crippen LogP contribution in [0.2, 0.25) is 0 Å². The van der Waals surface area contributed by atoms with E-state index < -0.39 is 0 Å². The molecule has 7 rings (SSSR count). The van der Waals surface area contributed by atoms with Crippen LogP contribution < -0.4 is 0 Å². The van der Waals surface area contributed by atoms with Crippen molar-refractivity contribution in [1.29, 1.82) is 0 Å². The zero-order chi connectivity index (χ0) is 25.3. The lowest BCUT2D eigenvalue weighted by molar-refractivity contribution is -0.142. The summed E-state index contributed by atoms with van der Waals surface area (Å²) in [4.78, 5) is 7.01. The van der Waals surface area contributed by atoms with Gasteiger partial charge in [0.05, 0.1) is 24.5 Å². The second kappa shape index (κ2) is 8.76. The van der Waals surface area contributed by atoms with Crippen molar-refractivity contribution in [3.8, 4) is 0 Å². The number of nitrogens with zero attached hydrogens (tertiary/aromatic N) is 2. The Bertz CT molecular complexity index is 1170. The minimum absolute atomic E-state index is 0.0543. The molecule has 0 N–H and O–H groups in total. The molecule has 4 nitrogen and oxygen atoms in total. The molecule has 4 aliphatic heterocycles. The predicted molar refractivity (Wildman–Crippen MR) is 149 cm³/mol. The molecule has 4 fully saturated rings. The summed E-state index contributed by atoms with van der Waals surface area (Å²) < 4.78 is 13.2. The number of ether oxygens (including phenoxy) is 2. The Labute approximate surface area is 222 Å². The van der Waals surface area contributed by atoms with Gasteiger partial charge in [-0.2, -0.15) is 0 Å². The molecule has 0 radical (unpaired) electrons. The van der Waals surface area contributed by atoms with Gasteiger partial charge in [-0.25, -0.2) is 0 Å². The number of aliphatic imine (C=N–C) groups is 1. The number of hydrogen-bond acceptors (Lipinski definition) is 4. The van der Waals surface area contributed by atoms with Gasteiger partial charge < -0.3 is 9.47 Å². The second-order valence-electron chi connectivity index (χ2n) is 13.0. The molecular weight excluding hydrogens is 456 g/mol. The average molecular weight is 499 g/mol. The minimum Gasteiger partial charge on any atom is -0.365 e. The first-order valence-electron chi connectivity index (χ1n) is 14.6. The third-order valence-corrected chi connectivity index (χ3v) is 11.0. The zero-order valence-electron chi connectivity index (χ0n) is 22.6. The summed E-state index contributed by atoms with van der Waals surface area (Å²) in [7, 11) is 0. The summed E-state index contributed by atoms with van der Waals surface area (Å²) in [6.45, 7) is 11.8. The Morgan fingerprint density at radius 3 is 2.92 bits per heavy atom. The van der Waals surface area contributed by atoms with Crippen molar-refractivity contribution in [3.63, 3.8) is 0 Å². The third kappa shape index (κ3) is 3.70. The standard InChI is InChI=1S/C33H42N2O2/c1-23-4-5-25(18-24(2)21-34-15-11-23)29-8-9-30-31(29,3)12-10-27-19-26-6-7-28(35-16-17-36-22-35)20-32(26)13-14-33(27,30)37-32/h4-5,10-11,15,18-19,21,23,28-30H,2,6-9,12-14,16-17,20,22H2,1,3H3/b5-4-,15-11-,25-18+,34-21-/t23?,28-,29-,30?,31-,32-,33-/m1/s1. The van der Waals surface area contributed by atoms with Crippen LogP contribution in [-0.2, 0) is 9.47 Å². The Morgan fingerprint density at radius 2 is 2.05 bits per heavy atom. The van der Waals surface area contributed by atoms with Crippen LogP contribution in [0, 0.1) is 23.2 Å². The Morgan fingerprint density at radius 1 is 1.14 bits per heavy atom. The molecule has 0 amide bonds. The number of allylic oxidation sites excluding steroid dienone is 7. The van der Waals surface area contributed by atoms with Gasteiger partial charge in [0.1, 0.15) is 0 Å². The summed E-state index contributed by atoms with van der Waals surface area (Å²) >= 11 is 0. The molecule has 4 heterocycles. The molecule has 2 saturated heterocycles. The smallest absolute Gasteiger partial charge is 0.0994 e. The van der Waals surface area contributed by atoms with Crippen LogP contribution in [0.1, 0.15) is 65.2 Å². The van der Waals surface area contributed by atoms with E-state index in [1.807, 2.05) is 12.4 Å². The topological polar surface area (TPSA) is 34.1 Å². The van der Waals surface area contributed by atoms with E-state index >= 15 is 0 Å². The monoisotopic (exact) mass is 498 g/mol. The highest BCUT2D eigenvalue weighted by molar-refractivity contribution is 5.82. The van der Waals surface area contributed by atoms with E-state index in [1.54, 1.807) is 5.57 Å². The SMILES string of the molecule is C=C1/C=N\C=C/C(C)/C=C\C([C@H]2CCC3[C@]2(C)CC=C2C=C4CC[C@@H](N5CCOC5)C[C@]45CC[C@@]23O5)=C/1. The Balaban J connectivity index is 1.22. The van der Waals surface area contributed by atoms with Crippen molar-refractivity contribution in [1.82, 2.24) is 4.90 Å². The molecule has 0 aromatic heterocycles. The lowest BCUT2D eigenvalue weighted by atomic mass is 9.57. The summed E-state index contributed by atoms with van der Waals surface area (Å²) in [5.74, 6) is 1.43. The van der Waals surface area contributed by atoms with Crippen molar-refractivity contribution in [3.05, 3.63) is 71.5 Å². The van der Waals surface area contributed by atoms with E-state index in [0.717, 1.165) is 38.3 Å². The van der Waals surface area contributed by atoms with Gasteiger partial charge in [-0.05, 0) is 96.8 Å². The van der Waals surface area contributed by atoms with E-state index in [9.17, 15) is 0 Å². The van der Waals surface area contributed by atoms with Gasteiger partial charge in [0.25, 0.3) is 0 Å². The van der Waals surface area contributed by atoms with Crippen molar-refractivity contribution in [2.45, 2.75) is 82.5 Å². The van der Waals surface area contributed by atoms with E-state index in [4.69, 9.17) is 9.47 Å². The molecule has 37 heavy (non-hydrogen) atoms. The Kier molecular flexibility index (Phi) is 5.70. The van der Waals surface area contributed by atoms with Crippen molar-refractivity contribution < 1.29 is 9.47 Å². The van der Waals surface area contributed by atoms with Crippen molar-refractivity contribution in [2.24, 2.45) is 28.2 Å².